The molecular formula is C15H12N2O7S. The number of ether oxygens (including phenoxy) is 1. The largest absolute Gasteiger partial charge is 0.482 e. The average Bonchev–Trinajstić information content (AvgIpc) is 2.55. The molecular weight excluding hydrogens is 352 g/mol. The minimum atomic E-state index is -4.34. The van der Waals surface area contributed by atoms with E-state index in [4.69, 9.17) is 8.92 Å². The summed E-state index contributed by atoms with van der Waals surface area (Å²) in [7, 11) is -4.34. The summed E-state index contributed by atoms with van der Waals surface area (Å²) in [5.74, 6) is -0.495. The van der Waals surface area contributed by atoms with Gasteiger partial charge in [0, 0.05) is 6.07 Å². The first-order valence-electron chi connectivity index (χ1n) is 7.02. The van der Waals surface area contributed by atoms with E-state index in [0.717, 1.165) is 0 Å². The van der Waals surface area contributed by atoms with Crippen molar-refractivity contribution in [3.63, 3.8) is 0 Å². The molecule has 1 amide bonds. The predicted octanol–water partition coefficient (Wildman–Crippen LogP) is 2.00. The van der Waals surface area contributed by atoms with Crippen LogP contribution in [-0.2, 0) is 14.9 Å². The summed E-state index contributed by atoms with van der Waals surface area (Å²) >= 11 is 0. The van der Waals surface area contributed by atoms with Gasteiger partial charge in [0.2, 0.25) is 5.75 Å². The Hall–Kier alpha value is -3.14. The zero-order valence-electron chi connectivity index (χ0n) is 12.9. The lowest BCUT2D eigenvalue weighted by Gasteiger charge is -2.18. The van der Waals surface area contributed by atoms with Crippen molar-refractivity contribution in [1.29, 1.82) is 0 Å². The molecule has 0 bridgehead atoms. The minimum absolute atomic E-state index is 0.162. The molecule has 0 aromatic heterocycles. The summed E-state index contributed by atoms with van der Waals surface area (Å²) < 4.78 is 34.9. The highest BCUT2D eigenvalue weighted by atomic mass is 32.2. The van der Waals surface area contributed by atoms with Gasteiger partial charge >= 0.3 is 15.8 Å². The molecule has 9 nitrogen and oxygen atoms in total. The van der Waals surface area contributed by atoms with E-state index in [9.17, 15) is 23.3 Å². The molecule has 0 fully saturated rings. The number of nitrogens with one attached hydrogen (secondary N) is 1. The number of anilines is 1. The topological polar surface area (TPSA) is 125 Å². The molecule has 2 aromatic rings. The lowest BCUT2D eigenvalue weighted by Crippen LogP contribution is -2.25. The number of aryl methyl sites for hydroxylation is 1. The molecule has 3 rings (SSSR count). The molecule has 1 aliphatic heterocycles. The fourth-order valence-corrected chi connectivity index (χ4v) is 3.20. The molecule has 0 atom stereocenters. The Bertz CT molecular complexity index is 985. The van der Waals surface area contributed by atoms with Crippen LogP contribution in [0.1, 0.15) is 5.56 Å². The lowest BCUT2D eigenvalue weighted by atomic mass is 10.2. The number of fused-ring (bicyclic) bond motifs is 1. The Labute approximate surface area is 142 Å². The molecule has 0 unspecified atom stereocenters. The summed E-state index contributed by atoms with van der Waals surface area (Å²) in [6.07, 6.45) is 0. The van der Waals surface area contributed by atoms with E-state index in [1.165, 1.54) is 36.4 Å². The fraction of sp³-hybridized carbons (Fsp3) is 0.133. The Morgan fingerprint density at radius 1 is 1.24 bits per heavy atom. The van der Waals surface area contributed by atoms with Crippen LogP contribution in [0.25, 0.3) is 0 Å². The van der Waals surface area contributed by atoms with Gasteiger partial charge in [0.15, 0.2) is 6.61 Å². The van der Waals surface area contributed by atoms with E-state index in [0.29, 0.717) is 11.3 Å². The van der Waals surface area contributed by atoms with E-state index >= 15 is 0 Å². The Morgan fingerprint density at radius 3 is 2.72 bits per heavy atom. The summed E-state index contributed by atoms with van der Waals surface area (Å²) in [6.45, 7) is 1.47. The third-order valence-corrected chi connectivity index (χ3v) is 4.61. The van der Waals surface area contributed by atoms with Crippen LogP contribution < -0.4 is 14.2 Å². The number of benzene rings is 2. The number of hydrogen-bond acceptors (Lipinski definition) is 7. The monoisotopic (exact) mass is 364 g/mol. The molecule has 0 aliphatic carbocycles. The first-order chi connectivity index (χ1) is 11.8. The smallest absolute Gasteiger partial charge is 0.339 e. The van der Waals surface area contributed by atoms with Crippen LogP contribution in [0.5, 0.6) is 11.5 Å². The number of nitrogens with zero attached hydrogens (tertiary/aromatic N) is 1. The summed E-state index contributed by atoms with van der Waals surface area (Å²) in [4.78, 5) is 21.4. The number of carbonyl (C=O) groups excluding carboxylic acids is 1. The van der Waals surface area contributed by atoms with Crippen molar-refractivity contribution >= 4 is 27.4 Å². The van der Waals surface area contributed by atoms with Crippen LogP contribution in [0, 0.1) is 17.0 Å². The molecule has 0 saturated carbocycles. The predicted molar refractivity (Wildman–Crippen MR) is 86.2 cm³/mol. The van der Waals surface area contributed by atoms with Crippen molar-refractivity contribution < 1.29 is 27.1 Å². The summed E-state index contributed by atoms with van der Waals surface area (Å²) in [5.41, 5.74) is 0.308. The lowest BCUT2D eigenvalue weighted by molar-refractivity contribution is -0.385. The number of amides is 1. The Balaban J connectivity index is 1.97. The van der Waals surface area contributed by atoms with E-state index < -0.39 is 32.4 Å². The van der Waals surface area contributed by atoms with Crippen LogP contribution >= 0.6 is 0 Å². The molecule has 1 heterocycles. The standard InChI is InChI=1S/C15H12N2O7S/c1-9-2-4-14(12(6-9)17(19)20)24-25(21,22)10-3-5-13-11(7-10)16-15(18)8-23-13/h2-7H,8H2,1H3,(H,16,18). The zero-order valence-corrected chi connectivity index (χ0v) is 13.7. The maximum Gasteiger partial charge on any atom is 0.339 e. The van der Waals surface area contributed by atoms with Crippen LogP contribution in [-0.4, -0.2) is 25.9 Å². The maximum absolute atomic E-state index is 12.4. The second kappa shape index (κ2) is 6.06. The molecule has 0 saturated heterocycles. The van der Waals surface area contributed by atoms with Crippen molar-refractivity contribution in [2.45, 2.75) is 11.8 Å². The number of nitro benzene ring substituents is 1. The minimum Gasteiger partial charge on any atom is -0.482 e. The fourth-order valence-electron chi connectivity index (χ4n) is 2.22. The van der Waals surface area contributed by atoms with Crippen LogP contribution in [0.4, 0.5) is 11.4 Å². The molecule has 1 N–H and O–H groups in total. The van der Waals surface area contributed by atoms with Crippen LogP contribution in [0.3, 0.4) is 0 Å². The number of carbonyl (C=O) groups is 1. The van der Waals surface area contributed by atoms with Crippen LogP contribution in [0.2, 0.25) is 0 Å². The van der Waals surface area contributed by atoms with Gasteiger partial charge in [0.05, 0.1) is 10.6 Å². The maximum atomic E-state index is 12.4. The number of hydrogen-bond donors (Lipinski definition) is 1. The van der Waals surface area contributed by atoms with Crippen molar-refractivity contribution in [2.75, 3.05) is 11.9 Å². The highest BCUT2D eigenvalue weighted by Crippen LogP contribution is 2.33. The Morgan fingerprint density at radius 2 is 2.00 bits per heavy atom. The highest BCUT2D eigenvalue weighted by molar-refractivity contribution is 7.87. The van der Waals surface area contributed by atoms with Gasteiger partial charge in [-0.05, 0) is 36.8 Å². The molecule has 130 valence electrons. The van der Waals surface area contributed by atoms with Crippen molar-refractivity contribution in [3.8, 4) is 11.5 Å². The van der Waals surface area contributed by atoms with Gasteiger partial charge in [-0.3, -0.25) is 14.9 Å². The molecule has 0 radical (unpaired) electrons. The van der Waals surface area contributed by atoms with Crippen molar-refractivity contribution in [1.82, 2.24) is 0 Å². The molecule has 10 heteroatoms. The third kappa shape index (κ3) is 3.38. The van der Waals surface area contributed by atoms with Gasteiger partial charge in [-0.25, -0.2) is 0 Å². The van der Waals surface area contributed by atoms with Crippen molar-refractivity contribution in [3.05, 3.63) is 52.1 Å². The van der Waals surface area contributed by atoms with E-state index in [2.05, 4.69) is 5.32 Å². The SMILES string of the molecule is Cc1ccc(OS(=O)(=O)c2ccc3c(c2)NC(=O)CO3)c([N+](=O)[O-])c1. The number of nitro groups is 1. The molecule has 1 aliphatic rings. The molecule has 25 heavy (non-hydrogen) atoms. The number of rotatable bonds is 4. The highest BCUT2D eigenvalue weighted by Gasteiger charge is 2.25. The summed E-state index contributed by atoms with van der Waals surface area (Å²) in [6, 6.07) is 7.70. The zero-order chi connectivity index (χ0) is 18.2. The summed E-state index contributed by atoms with van der Waals surface area (Å²) in [5, 5.41) is 13.6. The van der Waals surface area contributed by atoms with Gasteiger partial charge in [0.1, 0.15) is 10.6 Å². The average molecular weight is 364 g/mol. The van der Waals surface area contributed by atoms with E-state index in [-0.39, 0.29) is 17.2 Å². The second-order valence-electron chi connectivity index (χ2n) is 5.26. The van der Waals surface area contributed by atoms with Gasteiger partial charge in [-0.2, -0.15) is 8.42 Å². The molecule has 0 spiro atoms. The normalized spacial score (nSPS) is 13.4. The Kier molecular flexibility index (Phi) is 4.05. The van der Waals surface area contributed by atoms with Crippen molar-refractivity contribution in [2.24, 2.45) is 0 Å². The van der Waals surface area contributed by atoms with E-state index in [1.807, 2.05) is 0 Å². The first kappa shape index (κ1) is 16.7. The first-order valence-corrected chi connectivity index (χ1v) is 8.43. The van der Waals surface area contributed by atoms with Gasteiger partial charge in [-0.1, -0.05) is 6.07 Å². The van der Waals surface area contributed by atoms with Gasteiger partial charge < -0.3 is 14.2 Å². The molecule has 2 aromatic carbocycles. The quantitative estimate of drug-likeness (QED) is 0.500. The third-order valence-electron chi connectivity index (χ3n) is 3.38. The van der Waals surface area contributed by atoms with E-state index in [1.54, 1.807) is 6.92 Å². The van der Waals surface area contributed by atoms with Gasteiger partial charge in [-0.15, -0.1) is 0 Å². The second-order valence-corrected chi connectivity index (χ2v) is 6.81. The van der Waals surface area contributed by atoms with Gasteiger partial charge in [0.25, 0.3) is 5.91 Å². The van der Waals surface area contributed by atoms with Crippen LogP contribution in [0.15, 0.2) is 41.3 Å².